The molecule has 158 valence electrons. The van der Waals surface area contributed by atoms with Crippen molar-refractivity contribution in [2.75, 3.05) is 11.4 Å². The molecule has 5 heteroatoms. The molecule has 0 aromatic heterocycles. The highest BCUT2D eigenvalue weighted by Crippen LogP contribution is 2.50. The zero-order chi connectivity index (χ0) is 21.5. The Hall–Kier alpha value is -2.47. The summed E-state index contributed by atoms with van der Waals surface area (Å²) in [6.07, 6.45) is 0.107. The highest BCUT2D eigenvalue weighted by atomic mass is 79.9. The van der Waals surface area contributed by atoms with Gasteiger partial charge in [-0.3, -0.25) is 4.79 Å². The van der Waals surface area contributed by atoms with Crippen LogP contribution in [0.5, 0.6) is 0 Å². The van der Waals surface area contributed by atoms with Gasteiger partial charge in [-0.05, 0) is 54.3 Å². The van der Waals surface area contributed by atoms with Gasteiger partial charge in [0.05, 0.1) is 12.1 Å². The van der Waals surface area contributed by atoms with Gasteiger partial charge < -0.3 is 15.3 Å². The van der Waals surface area contributed by atoms with Crippen molar-refractivity contribution in [1.29, 1.82) is 0 Å². The molecule has 3 aromatic rings. The Balaban J connectivity index is 1.52. The molecule has 5 rings (SSSR count). The number of benzene rings is 3. The molecule has 0 bridgehead atoms. The first-order valence-corrected chi connectivity index (χ1v) is 11.5. The Morgan fingerprint density at radius 1 is 1.03 bits per heavy atom. The second-order valence-corrected chi connectivity index (χ2v) is 9.31. The van der Waals surface area contributed by atoms with Crippen LogP contribution in [0.4, 0.5) is 5.69 Å². The number of anilines is 1. The molecule has 2 N–H and O–H groups in total. The third kappa shape index (κ3) is 3.61. The van der Waals surface area contributed by atoms with Gasteiger partial charge in [0.1, 0.15) is 0 Å². The number of nitrogens with zero attached hydrogens (tertiary/aromatic N) is 1. The fourth-order valence-electron chi connectivity index (χ4n) is 5.03. The van der Waals surface area contributed by atoms with Crippen molar-refractivity contribution in [2.24, 2.45) is 0 Å². The molecule has 4 nitrogen and oxygen atoms in total. The zero-order valence-corrected chi connectivity index (χ0v) is 18.9. The number of halogens is 1. The second-order valence-electron chi connectivity index (χ2n) is 8.45. The van der Waals surface area contributed by atoms with E-state index in [2.05, 4.69) is 40.3 Å². The number of hydrogen-bond donors (Lipinski definition) is 2. The Morgan fingerprint density at radius 2 is 1.71 bits per heavy atom. The van der Waals surface area contributed by atoms with Crippen LogP contribution in [0, 0.1) is 0 Å². The topological polar surface area (TPSA) is 52.6 Å². The monoisotopic (exact) mass is 476 g/mol. The van der Waals surface area contributed by atoms with Gasteiger partial charge in [-0.1, -0.05) is 64.5 Å². The summed E-state index contributed by atoms with van der Waals surface area (Å²) in [5.41, 5.74) is 5.09. The van der Waals surface area contributed by atoms with Crippen LogP contribution in [0.25, 0.3) is 0 Å². The van der Waals surface area contributed by atoms with E-state index in [4.69, 9.17) is 0 Å². The third-order valence-corrected chi connectivity index (χ3v) is 7.22. The number of rotatable bonds is 4. The van der Waals surface area contributed by atoms with Gasteiger partial charge in [0.2, 0.25) is 0 Å². The molecule has 3 aromatic carbocycles. The van der Waals surface area contributed by atoms with Gasteiger partial charge in [-0.2, -0.15) is 0 Å². The summed E-state index contributed by atoms with van der Waals surface area (Å²) in [4.78, 5) is 15.1. The number of amides is 1. The van der Waals surface area contributed by atoms with E-state index in [-0.39, 0.29) is 23.9 Å². The van der Waals surface area contributed by atoms with Crippen molar-refractivity contribution in [3.8, 4) is 0 Å². The standard InChI is InChI=1S/C26H25BrN2O2/c1-16(17-8-4-2-5-9-17)28-25-22(30)14-19-15-29(26(31)18-10-6-3-7-11-18)21-13-12-20(27)24(25)23(19)21/h2-13,16,19,22,25,28,30H,14-15H2,1H3/t16-,19?,22?,25?/m0/s1. The highest BCUT2D eigenvalue weighted by molar-refractivity contribution is 9.10. The van der Waals surface area contributed by atoms with Gasteiger partial charge in [-0.15, -0.1) is 0 Å². The third-order valence-electron chi connectivity index (χ3n) is 6.53. The number of carbonyl (C=O) groups is 1. The first-order valence-electron chi connectivity index (χ1n) is 10.7. The molecule has 0 spiro atoms. The van der Waals surface area contributed by atoms with E-state index in [9.17, 15) is 9.90 Å². The maximum atomic E-state index is 13.2. The molecule has 1 amide bonds. The van der Waals surface area contributed by atoms with Gasteiger partial charge in [0, 0.05) is 34.2 Å². The first kappa shape index (κ1) is 20.4. The molecule has 0 fully saturated rings. The van der Waals surface area contributed by atoms with Crippen LogP contribution >= 0.6 is 15.9 Å². The van der Waals surface area contributed by atoms with Crippen LogP contribution in [-0.4, -0.2) is 23.7 Å². The number of carbonyl (C=O) groups excluding carboxylic acids is 1. The van der Waals surface area contributed by atoms with Crippen molar-refractivity contribution >= 4 is 27.5 Å². The predicted molar refractivity (Wildman–Crippen MR) is 126 cm³/mol. The van der Waals surface area contributed by atoms with Crippen molar-refractivity contribution in [3.63, 3.8) is 0 Å². The summed E-state index contributed by atoms with van der Waals surface area (Å²) < 4.78 is 0.974. The molecule has 0 radical (unpaired) electrons. The average molecular weight is 477 g/mol. The summed E-state index contributed by atoms with van der Waals surface area (Å²) in [5.74, 6) is 0.145. The molecular weight excluding hydrogens is 452 g/mol. The number of aliphatic hydroxyl groups excluding tert-OH is 1. The fourth-order valence-corrected chi connectivity index (χ4v) is 5.62. The normalized spacial score (nSPS) is 22.8. The molecule has 4 atom stereocenters. The van der Waals surface area contributed by atoms with Crippen molar-refractivity contribution in [1.82, 2.24) is 5.32 Å². The molecule has 31 heavy (non-hydrogen) atoms. The van der Waals surface area contributed by atoms with E-state index < -0.39 is 6.10 Å². The lowest BCUT2D eigenvalue weighted by atomic mass is 9.79. The minimum Gasteiger partial charge on any atom is -0.391 e. The smallest absolute Gasteiger partial charge is 0.258 e. The van der Waals surface area contributed by atoms with Crippen LogP contribution in [0.15, 0.2) is 77.3 Å². The molecule has 2 aliphatic rings. The highest BCUT2D eigenvalue weighted by Gasteiger charge is 2.43. The minimum atomic E-state index is -0.526. The Bertz CT molecular complexity index is 1100. The number of hydrogen-bond acceptors (Lipinski definition) is 3. The Labute approximate surface area is 191 Å². The molecule has 0 saturated heterocycles. The largest absolute Gasteiger partial charge is 0.391 e. The average Bonchev–Trinajstić information content (AvgIpc) is 3.16. The van der Waals surface area contributed by atoms with E-state index in [1.807, 2.05) is 65.6 Å². The fraction of sp³-hybridized carbons (Fsp3) is 0.269. The van der Waals surface area contributed by atoms with Crippen LogP contribution < -0.4 is 10.2 Å². The van der Waals surface area contributed by atoms with Gasteiger partial charge in [0.15, 0.2) is 0 Å². The molecule has 0 saturated carbocycles. The van der Waals surface area contributed by atoms with Crippen molar-refractivity contribution in [2.45, 2.75) is 37.5 Å². The second kappa shape index (κ2) is 8.23. The van der Waals surface area contributed by atoms with Crippen LogP contribution in [0.2, 0.25) is 0 Å². The molecular formula is C26H25BrN2O2. The zero-order valence-electron chi connectivity index (χ0n) is 17.3. The number of aliphatic hydroxyl groups is 1. The van der Waals surface area contributed by atoms with Gasteiger partial charge in [-0.25, -0.2) is 0 Å². The Kier molecular flexibility index (Phi) is 5.42. The van der Waals surface area contributed by atoms with E-state index in [1.54, 1.807) is 0 Å². The van der Waals surface area contributed by atoms with E-state index in [0.717, 1.165) is 15.7 Å². The predicted octanol–water partition coefficient (Wildman–Crippen LogP) is 5.35. The van der Waals surface area contributed by atoms with Gasteiger partial charge >= 0.3 is 0 Å². The SMILES string of the molecule is C[C@H](NC1c2c(Br)ccc3c2C(CC1O)CN3C(=O)c1ccccc1)c1ccccc1. The summed E-state index contributed by atoms with van der Waals surface area (Å²) >= 11 is 3.73. The van der Waals surface area contributed by atoms with Crippen LogP contribution in [0.3, 0.4) is 0 Å². The minimum absolute atomic E-state index is 0.0103. The van der Waals surface area contributed by atoms with E-state index in [0.29, 0.717) is 18.5 Å². The van der Waals surface area contributed by atoms with Crippen molar-refractivity contribution in [3.05, 3.63) is 99.5 Å². The van der Waals surface area contributed by atoms with Crippen LogP contribution in [0.1, 0.15) is 58.4 Å². The van der Waals surface area contributed by atoms with Gasteiger partial charge in [0.25, 0.3) is 5.91 Å². The molecule has 1 aliphatic carbocycles. The lowest BCUT2D eigenvalue weighted by molar-refractivity contribution is 0.0938. The molecule has 3 unspecified atom stereocenters. The van der Waals surface area contributed by atoms with E-state index in [1.165, 1.54) is 11.1 Å². The van der Waals surface area contributed by atoms with E-state index >= 15 is 0 Å². The maximum Gasteiger partial charge on any atom is 0.258 e. The first-order chi connectivity index (χ1) is 15.0. The van der Waals surface area contributed by atoms with Crippen LogP contribution in [-0.2, 0) is 0 Å². The maximum absolute atomic E-state index is 13.2. The summed E-state index contributed by atoms with van der Waals surface area (Å²) in [7, 11) is 0. The molecule has 1 aliphatic heterocycles. The van der Waals surface area contributed by atoms with Crippen molar-refractivity contribution < 1.29 is 9.90 Å². The summed E-state index contributed by atoms with van der Waals surface area (Å²) in [5, 5.41) is 14.8. The quantitative estimate of drug-likeness (QED) is 0.533. The molecule has 1 heterocycles. The lowest BCUT2D eigenvalue weighted by Gasteiger charge is -2.36. The summed E-state index contributed by atoms with van der Waals surface area (Å²) in [6.45, 7) is 2.72. The summed E-state index contributed by atoms with van der Waals surface area (Å²) in [6, 6.07) is 23.6. The lowest BCUT2D eigenvalue weighted by Crippen LogP contribution is -2.39. The number of nitrogens with one attached hydrogen (secondary N) is 1. The Morgan fingerprint density at radius 3 is 2.42 bits per heavy atom.